The van der Waals surface area contributed by atoms with Crippen molar-refractivity contribution in [3.8, 4) is 11.5 Å². The standard InChI is InChI=1S/C30H30O14/c31-25(41-15-11-37-9-13-39-19-5-7-21-23(17-19)29(35)43-27(21)33)3-1-2-4-26(32)42-16-12-38-10-14-40-20-6-8-22-24(18-20)30(36)44-28(22)34/h5-8,17-18H,1-4,9-16H2. The fraction of sp³-hybridized carbons (Fsp3) is 0.400. The number of hydrogen-bond donors (Lipinski definition) is 0. The number of rotatable bonds is 19. The Hall–Kier alpha value is -4.82. The molecule has 234 valence electrons. The van der Waals surface area contributed by atoms with Crippen LogP contribution in [0.3, 0.4) is 0 Å². The Balaban J connectivity index is 0.921. The largest absolute Gasteiger partial charge is 0.491 e. The van der Waals surface area contributed by atoms with Gasteiger partial charge < -0.3 is 37.9 Å². The monoisotopic (exact) mass is 614 g/mol. The summed E-state index contributed by atoms with van der Waals surface area (Å²) in [6.45, 7) is 1.31. The predicted octanol–water partition coefficient (Wildman–Crippen LogP) is 2.45. The number of unbranched alkanes of at least 4 members (excludes halogenated alkanes) is 1. The molecule has 4 rings (SSSR count). The molecule has 0 N–H and O–H groups in total. The van der Waals surface area contributed by atoms with Crippen LogP contribution in [0.15, 0.2) is 36.4 Å². The molecule has 0 spiro atoms. The van der Waals surface area contributed by atoms with Gasteiger partial charge in [-0.3, -0.25) is 9.59 Å². The van der Waals surface area contributed by atoms with Crippen LogP contribution in [0.25, 0.3) is 0 Å². The van der Waals surface area contributed by atoms with Crippen molar-refractivity contribution >= 4 is 35.8 Å². The first-order chi connectivity index (χ1) is 21.3. The van der Waals surface area contributed by atoms with Gasteiger partial charge >= 0.3 is 35.8 Å². The highest BCUT2D eigenvalue weighted by Crippen LogP contribution is 2.25. The van der Waals surface area contributed by atoms with Gasteiger partial charge in [0.2, 0.25) is 0 Å². The van der Waals surface area contributed by atoms with Crippen molar-refractivity contribution in [1.29, 1.82) is 0 Å². The highest BCUT2D eigenvalue weighted by Gasteiger charge is 2.30. The minimum Gasteiger partial charge on any atom is -0.491 e. The molecule has 0 aliphatic carbocycles. The van der Waals surface area contributed by atoms with Gasteiger partial charge in [-0.15, -0.1) is 0 Å². The van der Waals surface area contributed by atoms with Crippen molar-refractivity contribution in [1.82, 2.24) is 0 Å². The van der Waals surface area contributed by atoms with Crippen LogP contribution >= 0.6 is 0 Å². The molecule has 14 nitrogen and oxygen atoms in total. The summed E-state index contributed by atoms with van der Waals surface area (Å²) in [5.74, 6) is -2.78. The first-order valence-electron chi connectivity index (χ1n) is 13.9. The van der Waals surface area contributed by atoms with Crippen LogP contribution in [0.4, 0.5) is 0 Å². The lowest BCUT2D eigenvalue weighted by Crippen LogP contribution is -2.14. The average molecular weight is 615 g/mol. The molecule has 0 saturated heterocycles. The predicted molar refractivity (Wildman–Crippen MR) is 145 cm³/mol. The van der Waals surface area contributed by atoms with Gasteiger partial charge in [-0.2, -0.15) is 0 Å². The number of carbonyl (C=O) groups excluding carboxylic acids is 6. The van der Waals surface area contributed by atoms with E-state index >= 15 is 0 Å². The molecule has 2 aliphatic heterocycles. The summed E-state index contributed by atoms with van der Waals surface area (Å²) in [5, 5.41) is 0. The van der Waals surface area contributed by atoms with Gasteiger partial charge in [-0.1, -0.05) is 0 Å². The molecule has 2 aromatic rings. The average Bonchev–Trinajstić information content (AvgIpc) is 3.46. The number of fused-ring (bicyclic) bond motifs is 2. The van der Waals surface area contributed by atoms with Gasteiger partial charge in [0.1, 0.15) is 37.9 Å². The molecule has 2 aromatic carbocycles. The quantitative estimate of drug-likeness (QED) is 0.0975. The normalized spacial score (nSPS) is 13.2. The number of ether oxygens (including phenoxy) is 8. The van der Waals surface area contributed by atoms with E-state index in [1.807, 2.05) is 0 Å². The van der Waals surface area contributed by atoms with E-state index in [-0.39, 0.29) is 88.0 Å². The summed E-state index contributed by atoms with van der Waals surface area (Å²) in [4.78, 5) is 69.7. The summed E-state index contributed by atoms with van der Waals surface area (Å²) < 4.78 is 40.9. The van der Waals surface area contributed by atoms with Gasteiger partial charge in [-0.05, 0) is 49.2 Å². The van der Waals surface area contributed by atoms with Crippen molar-refractivity contribution in [3.05, 3.63) is 58.7 Å². The lowest BCUT2D eigenvalue weighted by Gasteiger charge is -2.09. The molecule has 0 aromatic heterocycles. The fourth-order valence-electron chi connectivity index (χ4n) is 4.06. The van der Waals surface area contributed by atoms with E-state index in [0.717, 1.165) is 0 Å². The minimum atomic E-state index is -0.707. The molecule has 0 bridgehead atoms. The maximum absolute atomic E-state index is 11.8. The fourth-order valence-corrected chi connectivity index (χ4v) is 4.06. The highest BCUT2D eigenvalue weighted by molar-refractivity contribution is 6.15. The second-order valence-electron chi connectivity index (χ2n) is 9.34. The van der Waals surface area contributed by atoms with E-state index in [2.05, 4.69) is 9.47 Å². The molecular formula is C30H30O14. The third-order valence-corrected chi connectivity index (χ3v) is 6.22. The van der Waals surface area contributed by atoms with Crippen LogP contribution in [0.2, 0.25) is 0 Å². The summed E-state index contributed by atoms with van der Waals surface area (Å²) in [7, 11) is 0. The van der Waals surface area contributed by atoms with Crippen molar-refractivity contribution in [3.63, 3.8) is 0 Å². The molecule has 2 aliphatic rings. The first kappa shape index (κ1) is 32.1. The molecule has 0 atom stereocenters. The second kappa shape index (κ2) is 16.1. The van der Waals surface area contributed by atoms with E-state index < -0.39 is 35.8 Å². The SMILES string of the molecule is O=C(CCCCC(=O)OCCOCCOc1ccc2c(c1)C(=O)OC2=O)OCCOCCOc1ccc2c(c1)C(=O)OC2=O. The van der Waals surface area contributed by atoms with Gasteiger partial charge in [-0.25, -0.2) is 19.2 Å². The molecule has 0 radical (unpaired) electrons. The van der Waals surface area contributed by atoms with Crippen LogP contribution in [0.5, 0.6) is 11.5 Å². The minimum absolute atomic E-state index is 0.0711. The maximum atomic E-state index is 11.8. The molecule has 0 unspecified atom stereocenters. The van der Waals surface area contributed by atoms with Gasteiger partial charge in [0.15, 0.2) is 0 Å². The Bertz CT molecular complexity index is 1290. The number of esters is 6. The summed E-state index contributed by atoms with van der Waals surface area (Å²) in [6.07, 6.45) is 1.24. The topological polar surface area (TPSA) is 176 Å². The van der Waals surface area contributed by atoms with Crippen molar-refractivity contribution in [2.75, 3.05) is 52.9 Å². The number of carbonyl (C=O) groups is 6. The Morgan fingerprint density at radius 1 is 0.500 bits per heavy atom. The third-order valence-electron chi connectivity index (χ3n) is 6.22. The second-order valence-corrected chi connectivity index (χ2v) is 9.34. The summed E-state index contributed by atoms with van der Waals surface area (Å²) in [6, 6.07) is 8.91. The molecule has 44 heavy (non-hydrogen) atoms. The molecular weight excluding hydrogens is 584 g/mol. The smallest absolute Gasteiger partial charge is 0.347 e. The molecule has 14 heteroatoms. The molecule has 2 heterocycles. The van der Waals surface area contributed by atoms with E-state index in [1.54, 1.807) is 12.1 Å². The van der Waals surface area contributed by atoms with E-state index in [1.165, 1.54) is 24.3 Å². The Morgan fingerprint density at radius 2 is 0.886 bits per heavy atom. The molecule has 0 fully saturated rings. The van der Waals surface area contributed by atoms with E-state index in [9.17, 15) is 28.8 Å². The van der Waals surface area contributed by atoms with Crippen LogP contribution in [0.1, 0.15) is 67.1 Å². The summed E-state index contributed by atoms with van der Waals surface area (Å²) in [5.41, 5.74) is 0.724. The highest BCUT2D eigenvalue weighted by atomic mass is 16.6. The molecule has 0 amide bonds. The molecule has 0 saturated carbocycles. The van der Waals surface area contributed by atoms with Gasteiger partial charge in [0.05, 0.1) is 48.7 Å². The van der Waals surface area contributed by atoms with Gasteiger partial charge in [0, 0.05) is 12.8 Å². The number of hydrogen-bond acceptors (Lipinski definition) is 14. The van der Waals surface area contributed by atoms with Crippen molar-refractivity contribution in [2.24, 2.45) is 0 Å². The zero-order valence-corrected chi connectivity index (χ0v) is 23.7. The maximum Gasteiger partial charge on any atom is 0.347 e. The van der Waals surface area contributed by atoms with Crippen LogP contribution < -0.4 is 9.47 Å². The number of benzene rings is 2. The van der Waals surface area contributed by atoms with Gasteiger partial charge in [0.25, 0.3) is 0 Å². The Morgan fingerprint density at radius 3 is 1.32 bits per heavy atom. The van der Waals surface area contributed by atoms with Crippen molar-refractivity contribution in [2.45, 2.75) is 25.7 Å². The van der Waals surface area contributed by atoms with Crippen LogP contribution in [0, 0.1) is 0 Å². The zero-order chi connectivity index (χ0) is 31.3. The van der Waals surface area contributed by atoms with Crippen molar-refractivity contribution < 1.29 is 66.7 Å². The lowest BCUT2D eigenvalue weighted by molar-refractivity contribution is -0.147. The Kier molecular flexibility index (Phi) is 11.8. The lowest BCUT2D eigenvalue weighted by atomic mass is 10.1. The van der Waals surface area contributed by atoms with E-state index in [4.69, 9.17) is 28.4 Å². The Labute approximate surface area is 251 Å². The third kappa shape index (κ3) is 9.34. The first-order valence-corrected chi connectivity index (χ1v) is 13.9. The number of cyclic esters (lactones) is 4. The zero-order valence-electron chi connectivity index (χ0n) is 23.7. The van der Waals surface area contributed by atoms with Crippen LogP contribution in [-0.4, -0.2) is 88.7 Å². The van der Waals surface area contributed by atoms with Crippen LogP contribution in [-0.2, 0) is 38.0 Å². The summed E-state index contributed by atoms with van der Waals surface area (Å²) >= 11 is 0. The van der Waals surface area contributed by atoms with E-state index in [0.29, 0.717) is 24.3 Å².